The second-order valence-corrected chi connectivity index (χ2v) is 7.83. The zero-order valence-corrected chi connectivity index (χ0v) is 15.9. The largest absolute Gasteiger partial charge is 0.467 e. The number of aromatic nitrogens is 2. The van der Waals surface area contributed by atoms with Crippen molar-refractivity contribution in [3.05, 3.63) is 45.9 Å². The molecule has 0 unspecified atom stereocenters. The third-order valence-electron chi connectivity index (χ3n) is 4.99. The van der Waals surface area contributed by atoms with Crippen LogP contribution in [0.15, 0.2) is 32.6 Å². The number of carbonyl (C=O) groups excluding carboxylic acids is 1. The van der Waals surface area contributed by atoms with Crippen LogP contribution in [0.2, 0.25) is 0 Å². The Kier molecular flexibility index (Phi) is 5.63. The average Bonchev–Trinajstić information content (AvgIpc) is 3.42. The maximum Gasteiger partial charge on any atom is 0.348 e. The Hall–Kier alpha value is -2.06. The van der Waals surface area contributed by atoms with E-state index in [0.717, 1.165) is 50.0 Å². The zero-order valence-electron chi connectivity index (χ0n) is 15.1. The molecule has 1 aliphatic heterocycles. The number of hydrogen-bond acceptors (Lipinski definition) is 6. The molecule has 0 saturated carbocycles. The highest BCUT2D eigenvalue weighted by molar-refractivity contribution is 7.99. The first kappa shape index (κ1) is 18.3. The monoisotopic (exact) mass is 389 g/mol. The van der Waals surface area contributed by atoms with Gasteiger partial charge in [-0.3, -0.25) is 9.36 Å². The molecule has 0 radical (unpaired) electrons. The Morgan fingerprint density at radius 3 is 3.07 bits per heavy atom. The van der Waals surface area contributed by atoms with Gasteiger partial charge in [-0.1, -0.05) is 11.8 Å². The van der Waals surface area contributed by atoms with Crippen molar-refractivity contribution in [1.29, 1.82) is 0 Å². The normalized spacial score (nSPS) is 18.6. The van der Waals surface area contributed by atoms with E-state index in [9.17, 15) is 9.59 Å². The number of fused-ring (bicyclic) bond motifs is 1. The van der Waals surface area contributed by atoms with Crippen LogP contribution in [0.3, 0.4) is 0 Å². The maximum absolute atomic E-state index is 12.6. The number of nitrogens with zero attached hydrogens (tertiary/aromatic N) is 2. The summed E-state index contributed by atoms with van der Waals surface area (Å²) in [7, 11) is 0. The van der Waals surface area contributed by atoms with Crippen LogP contribution >= 0.6 is 11.8 Å². The molecular weight excluding hydrogens is 366 g/mol. The van der Waals surface area contributed by atoms with Crippen molar-refractivity contribution in [2.24, 2.45) is 0 Å². The fourth-order valence-corrected chi connectivity index (χ4v) is 4.58. The Labute approximate surface area is 161 Å². The molecule has 1 aliphatic carbocycles. The fraction of sp³-hybridized carbons (Fsp3) is 0.526. The van der Waals surface area contributed by atoms with Crippen molar-refractivity contribution < 1.29 is 13.9 Å². The van der Waals surface area contributed by atoms with E-state index in [1.807, 2.05) is 6.07 Å². The lowest BCUT2D eigenvalue weighted by molar-refractivity contribution is -0.118. The topological polar surface area (TPSA) is 86.4 Å². The molecular formula is C19H23N3O4S. The molecule has 2 aliphatic rings. The predicted octanol–water partition coefficient (Wildman–Crippen LogP) is 1.91. The minimum atomic E-state index is -0.232. The van der Waals surface area contributed by atoms with Gasteiger partial charge in [0, 0.05) is 17.9 Å². The summed E-state index contributed by atoms with van der Waals surface area (Å²) in [5, 5.41) is 3.51. The average molecular weight is 389 g/mol. The number of thioether (sulfide) groups is 1. The van der Waals surface area contributed by atoms with Crippen LogP contribution in [0.5, 0.6) is 0 Å². The van der Waals surface area contributed by atoms with E-state index in [1.165, 1.54) is 11.8 Å². The van der Waals surface area contributed by atoms with E-state index >= 15 is 0 Å². The summed E-state index contributed by atoms with van der Waals surface area (Å²) in [5.74, 6) is 0.840. The molecule has 0 bridgehead atoms. The van der Waals surface area contributed by atoms with Crippen molar-refractivity contribution >= 4 is 17.7 Å². The summed E-state index contributed by atoms with van der Waals surface area (Å²) < 4.78 is 12.7. The highest BCUT2D eigenvalue weighted by Crippen LogP contribution is 2.29. The molecule has 4 rings (SSSR count). The van der Waals surface area contributed by atoms with Crippen LogP contribution in [0, 0.1) is 0 Å². The first-order chi connectivity index (χ1) is 13.2. The van der Waals surface area contributed by atoms with Gasteiger partial charge in [-0.2, -0.15) is 4.98 Å². The van der Waals surface area contributed by atoms with E-state index in [2.05, 4.69) is 10.3 Å². The Balaban J connectivity index is 1.42. The number of furan rings is 1. The molecule has 1 fully saturated rings. The zero-order chi connectivity index (χ0) is 18.6. The summed E-state index contributed by atoms with van der Waals surface area (Å²) in [6.45, 7) is 1.72. The smallest absolute Gasteiger partial charge is 0.348 e. The number of nitrogens with one attached hydrogen (secondary N) is 1. The Bertz CT molecular complexity index is 857. The van der Waals surface area contributed by atoms with Crippen LogP contribution in [-0.4, -0.2) is 33.9 Å². The number of ether oxygens (including phenoxy) is 1. The lowest BCUT2D eigenvalue weighted by Gasteiger charge is -2.17. The summed E-state index contributed by atoms with van der Waals surface area (Å²) in [5.41, 5.74) is 1.96. The fourth-order valence-electron chi connectivity index (χ4n) is 3.67. The molecule has 8 heteroatoms. The van der Waals surface area contributed by atoms with Crippen molar-refractivity contribution in [1.82, 2.24) is 14.9 Å². The summed E-state index contributed by atoms with van der Waals surface area (Å²) in [6.07, 6.45) is 6.55. The van der Waals surface area contributed by atoms with Gasteiger partial charge >= 0.3 is 5.69 Å². The molecule has 0 aromatic carbocycles. The van der Waals surface area contributed by atoms with Gasteiger partial charge in [0.1, 0.15) is 10.8 Å². The molecule has 0 spiro atoms. The van der Waals surface area contributed by atoms with E-state index in [-0.39, 0.29) is 23.5 Å². The van der Waals surface area contributed by atoms with Gasteiger partial charge in [-0.05, 0) is 44.2 Å². The standard InChI is InChI=1S/C19H23N3O4S/c23-17(20-10-13-4-2-8-25-13)12-27-18-15-6-1-7-16(15)22(19(24)21-18)11-14-5-3-9-26-14/h2,4,8,14H,1,3,5-7,9-12H2,(H,20,23)/t14-/m1/s1. The molecule has 3 heterocycles. The number of hydrogen-bond donors (Lipinski definition) is 1. The third-order valence-corrected chi connectivity index (χ3v) is 6.01. The minimum absolute atomic E-state index is 0.103. The highest BCUT2D eigenvalue weighted by atomic mass is 32.2. The summed E-state index contributed by atoms with van der Waals surface area (Å²) in [6, 6.07) is 3.60. The SMILES string of the molecule is O=C(CSc1nc(=O)n(C[C@H]2CCCO2)c2c1CCC2)NCc1ccco1. The van der Waals surface area contributed by atoms with Crippen LogP contribution in [0.1, 0.15) is 36.3 Å². The maximum atomic E-state index is 12.6. The van der Waals surface area contributed by atoms with E-state index in [1.54, 1.807) is 16.9 Å². The van der Waals surface area contributed by atoms with Gasteiger partial charge < -0.3 is 14.5 Å². The minimum Gasteiger partial charge on any atom is -0.467 e. The number of amides is 1. The molecule has 1 N–H and O–H groups in total. The van der Waals surface area contributed by atoms with Gasteiger partial charge in [0.2, 0.25) is 5.91 Å². The van der Waals surface area contributed by atoms with Gasteiger partial charge in [-0.15, -0.1) is 0 Å². The second-order valence-electron chi connectivity index (χ2n) is 6.87. The van der Waals surface area contributed by atoms with Crippen LogP contribution in [-0.2, 0) is 35.5 Å². The second kappa shape index (κ2) is 8.31. The molecule has 144 valence electrons. The molecule has 27 heavy (non-hydrogen) atoms. The third kappa shape index (κ3) is 4.27. The molecule has 2 aromatic heterocycles. The molecule has 1 atom stereocenters. The summed E-state index contributed by atoms with van der Waals surface area (Å²) >= 11 is 1.34. The lowest BCUT2D eigenvalue weighted by atomic mass is 10.2. The predicted molar refractivity (Wildman–Crippen MR) is 101 cm³/mol. The highest BCUT2D eigenvalue weighted by Gasteiger charge is 2.25. The van der Waals surface area contributed by atoms with Crippen molar-refractivity contribution in [2.45, 2.75) is 56.3 Å². The number of rotatable bonds is 7. The van der Waals surface area contributed by atoms with E-state index in [0.29, 0.717) is 23.9 Å². The van der Waals surface area contributed by atoms with Crippen LogP contribution in [0.25, 0.3) is 0 Å². The quantitative estimate of drug-likeness (QED) is 0.575. The Morgan fingerprint density at radius 2 is 2.30 bits per heavy atom. The molecule has 2 aromatic rings. The summed E-state index contributed by atoms with van der Waals surface area (Å²) in [4.78, 5) is 29.0. The van der Waals surface area contributed by atoms with Gasteiger partial charge in [0.05, 0.1) is 31.2 Å². The molecule has 7 nitrogen and oxygen atoms in total. The lowest BCUT2D eigenvalue weighted by Crippen LogP contribution is -2.32. The van der Waals surface area contributed by atoms with Crippen LogP contribution in [0.4, 0.5) is 0 Å². The Morgan fingerprint density at radius 1 is 1.37 bits per heavy atom. The van der Waals surface area contributed by atoms with Gasteiger partial charge in [0.25, 0.3) is 0 Å². The van der Waals surface area contributed by atoms with Crippen LogP contribution < -0.4 is 11.0 Å². The molecule has 1 amide bonds. The van der Waals surface area contributed by atoms with Crippen molar-refractivity contribution in [3.63, 3.8) is 0 Å². The first-order valence-electron chi connectivity index (χ1n) is 9.37. The van der Waals surface area contributed by atoms with Gasteiger partial charge in [-0.25, -0.2) is 4.79 Å². The molecule has 1 saturated heterocycles. The van der Waals surface area contributed by atoms with E-state index in [4.69, 9.17) is 9.15 Å². The van der Waals surface area contributed by atoms with Gasteiger partial charge in [0.15, 0.2) is 0 Å². The first-order valence-corrected chi connectivity index (χ1v) is 10.4. The number of carbonyl (C=O) groups is 1. The van der Waals surface area contributed by atoms with Crippen molar-refractivity contribution in [2.75, 3.05) is 12.4 Å². The van der Waals surface area contributed by atoms with E-state index < -0.39 is 0 Å². The van der Waals surface area contributed by atoms with Crippen molar-refractivity contribution in [3.8, 4) is 0 Å².